The number of hydrogen-bond donors (Lipinski definition) is 0. The third-order valence-corrected chi connectivity index (χ3v) is 7.92. The first-order valence-electron chi connectivity index (χ1n) is 13.3. The van der Waals surface area contributed by atoms with Crippen LogP contribution in [0.3, 0.4) is 0 Å². The molecule has 0 bridgehead atoms. The van der Waals surface area contributed by atoms with Crippen LogP contribution in [0.5, 0.6) is 5.75 Å². The Kier molecular flexibility index (Phi) is 9.10. The molecule has 0 radical (unpaired) electrons. The standard InChI is InChI=1S/C32H32N4O2S/c33-25-32(28-9-3-1-4-10-28)17-20-36(21-18-32)19-7-8-26-13-15-27(16-14-26)31-35-34-30(38-31)24-39-23-22-37-29-11-5-2-6-12-29/h1-16H,17-24H2. The fourth-order valence-corrected chi connectivity index (χ4v) is 5.37. The predicted octanol–water partition coefficient (Wildman–Crippen LogP) is 6.62. The number of aromatic nitrogens is 2. The average Bonchev–Trinajstić information content (AvgIpc) is 3.48. The molecule has 4 aromatic rings. The van der Waals surface area contributed by atoms with Gasteiger partial charge in [0.1, 0.15) is 5.75 Å². The Balaban J connectivity index is 1.05. The lowest BCUT2D eigenvalue weighted by Crippen LogP contribution is -2.41. The summed E-state index contributed by atoms with van der Waals surface area (Å²) in [4.78, 5) is 2.41. The highest BCUT2D eigenvalue weighted by Crippen LogP contribution is 2.34. The lowest BCUT2D eigenvalue weighted by Gasteiger charge is -2.37. The van der Waals surface area contributed by atoms with E-state index in [9.17, 15) is 5.26 Å². The number of thioether (sulfide) groups is 1. The van der Waals surface area contributed by atoms with E-state index in [4.69, 9.17) is 9.15 Å². The molecular formula is C32H32N4O2S. The Bertz CT molecular complexity index is 1370. The van der Waals surface area contributed by atoms with Crippen LogP contribution < -0.4 is 4.74 Å². The lowest BCUT2D eigenvalue weighted by atomic mass is 9.74. The van der Waals surface area contributed by atoms with Gasteiger partial charge < -0.3 is 9.15 Å². The molecule has 2 heterocycles. The summed E-state index contributed by atoms with van der Waals surface area (Å²) in [5.41, 5.74) is 2.82. The minimum absolute atomic E-state index is 0.360. The first-order valence-corrected chi connectivity index (χ1v) is 14.4. The van der Waals surface area contributed by atoms with E-state index in [2.05, 4.69) is 57.6 Å². The molecule has 0 saturated carbocycles. The van der Waals surface area contributed by atoms with Gasteiger partial charge in [0.2, 0.25) is 11.8 Å². The average molecular weight is 537 g/mol. The molecule has 7 heteroatoms. The Morgan fingerprint density at radius 2 is 1.67 bits per heavy atom. The third kappa shape index (κ3) is 7.17. The van der Waals surface area contributed by atoms with E-state index in [-0.39, 0.29) is 5.41 Å². The van der Waals surface area contributed by atoms with Gasteiger partial charge in [-0.1, -0.05) is 72.8 Å². The van der Waals surface area contributed by atoms with Crippen molar-refractivity contribution in [3.63, 3.8) is 0 Å². The number of nitriles is 1. The molecule has 5 rings (SSSR count). The van der Waals surface area contributed by atoms with Crippen LogP contribution in [0, 0.1) is 11.3 Å². The van der Waals surface area contributed by atoms with Crippen molar-refractivity contribution in [2.24, 2.45) is 0 Å². The molecule has 0 spiro atoms. The summed E-state index contributed by atoms with van der Waals surface area (Å²) in [6, 6.07) is 30.8. The summed E-state index contributed by atoms with van der Waals surface area (Å²) >= 11 is 1.71. The van der Waals surface area contributed by atoms with E-state index in [0.717, 1.165) is 60.7 Å². The SMILES string of the molecule is N#CC1(c2ccccc2)CCN(CC=Cc2ccc(-c3nnc(CSCCOc4ccccc4)o3)cc2)CC1. The zero-order valence-electron chi connectivity index (χ0n) is 21.9. The fraction of sp³-hybridized carbons (Fsp3) is 0.281. The quantitative estimate of drug-likeness (QED) is 0.199. The second kappa shape index (κ2) is 13.3. The van der Waals surface area contributed by atoms with Gasteiger partial charge in [-0.3, -0.25) is 4.90 Å². The van der Waals surface area contributed by atoms with E-state index in [0.29, 0.717) is 24.1 Å². The van der Waals surface area contributed by atoms with Crippen LogP contribution >= 0.6 is 11.8 Å². The van der Waals surface area contributed by atoms with Crippen LogP contribution in [-0.2, 0) is 11.2 Å². The molecule has 1 saturated heterocycles. The number of nitrogens with zero attached hydrogens (tertiary/aromatic N) is 4. The summed E-state index contributed by atoms with van der Waals surface area (Å²) < 4.78 is 11.6. The first-order chi connectivity index (χ1) is 19.2. The molecular weight excluding hydrogens is 504 g/mol. The number of hydrogen-bond acceptors (Lipinski definition) is 7. The summed E-state index contributed by atoms with van der Waals surface area (Å²) in [6.45, 7) is 3.35. The van der Waals surface area contributed by atoms with Crippen molar-refractivity contribution in [1.29, 1.82) is 5.26 Å². The second-order valence-corrected chi connectivity index (χ2v) is 10.7. The minimum atomic E-state index is -0.360. The fourth-order valence-electron chi connectivity index (χ4n) is 4.74. The summed E-state index contributed by atoms with van der Waals surface area (Å²) in [5.74, 6) is 3.54. The van der Waals surface area contributed by atoms with Gasteiger partial charge in [0.15, 0.2) is 0 Å². The largest absolute Gasteiger partial charge is 0.493 e. The van der Waals surface area contributed by atoms with Gasteiger partial charge in [0.05, 0.1) is 23.8 Å². The lowest BCUT2D eigenvalue weighted by molar-refractivity contribution is 0.203. The minimum Gasteiger partial charge on any atom is -0.493 e. The van der Waals surface area contributed by atoms with Gasteiger partial charge in [-0.25, -0.2) is 0 Å². The van der Waals surface area contributed by atoms with Gasteiger partial charge in [0.25, 0.3) is 0 Å². The molecule has 1 fully saturated rings. The predicted molar refractivity (Wildman–Crippen MR) is 156 cm³/mol. The molecule has 0 atom stereocenters. The van der Waals surface area contributed by atoms with Gasteiger partial charge in [-0.15, -0.1) is 22.0 Å². The number of benzene rings is 3. The van der Waals surface area contributed by atoms with Gasteiger partial charge >= 0.3 is 0 Å². The number of para-hydroxylation sites is 1. The van der Waals surface area contributed by atoms with Crippen LogP contribution in [0.4, 0.5) is 0 Å². The number of likely N-dealkylation sites (tertiary alicyclic amines) is 1. The number of piperidine rings is 1. The van der Waals surface area contributed by atoms with Crippen molar-refractivity contribution < 1.29 is 9.15 Å². The monoisotopic (exact) mass is 536 g/mol. The zero-order valence-corrected chi connectivity index (χ0v) is 22.7. The van der Waals surface area contributed by atoms with Crippen molar-refractivity contribution in [3.05, 3.63) is 108 Å². The topological polar surface area (TPSA) is 75.2 Å². The zero-order chi connectivity index (χ0) is 26.8. The molecule has 3 aromatic carbocycles. The molecule has 0 unspecified atom stereocenters. The van der Waals surface area contributed by atoms with Crippen LogP contribution in [0.2, 0.25) is 0 Å². The van der Waals surface area contributed by atoms with Crippen molar-refractivity contribution in [2.45, 2.75) is 24.0 Å². The summed E-state index contributed by atoms with van der Waals surface area (Å²) in [6.07, 6.45) is 6.06. The van der Waals surface area contributed by atoms with E-state index in [1.807, 2.05) is 60.7 Å². The maximum atomic E-state index is 9.90. The smallest absolute Gasteiger partial charge is 0.247 e. The molecule has 0 amide bonds. The van der Waals surface area contributed by atoms with Crippen molar-refractivity contribution in [1.82, 2.24) is 15.1 Å². The first kappa shape index (κ1) is 26.7. The molecule has 1 aromatic heterocycles. The van der Waals surface area contributed by atoms with E-state index in [1.165, 1.54) is 0 Å². The highest BCUT2D eigenvalue weighted by atomic mass is 32.2. The van der Waals surface area contributed by atoms with Crippen LogP contribution in [0.25, 0.3) is 17.5 Å². The van der Waals surface area contributed by atoms with Gasteiger partial charge in [-0.2, -0.15) is 5.26 Å². The van der Waals surface area contributed by atoms with Gasteiger partial charge in [-0.05, 0) is 48.2 Å². The van der Waals surface area contributed by atoms with Crippen molar-refractivity contribution >= 4 is 17.8 Å². The second-order valence-electron chi connectivity index (χ2n) is 9.60. The van der Waals surface area contributed by atoms with Crippen LogP contribution in [0.15, 0.2) is 95.4 Å². The van der Waals surface area contributed by atoms with E-state index >= 15 is 0 Å². The van der Waals surface area contributed by atoms with Gasteiger partial charge in [0, 0.05) is 31.0 Å². The molecule has 6 nitrogen and oxygen atoms in total. The Labute approximate surface area is 234 Å². The molecule has 0 N–H and O–H groups in total. The number of rotatable bonds is 11. The Morgan fingerprint density at radius 1 is 0.949 bits per heavy atom. The van der Waals surface area contributed by atoms with Crippen molar-refractivity contribution in [2.75, 3.05) is 32.0 Å². The molecule has 0 aliphatic carbocycles. The van der Waals surface area contributed by atoms with Crippen LogP contribution in [0.1, 0.15) is 29.9 Å². The van der Waals surface area contributed by atoms with Crippen LogP contribution in [-0.4, -0.2) is 47.1 Å². The normalized spacial score (nSPS) is 15.3. The third-order valence-electron chi connectivity index (χ3n) is 7.01. The number of ether oxygens (including phenoxy) is 1. The van der Waals surface area contributed by atoms with E-state index < -0.39 is 0 Å². The van der Waals surface area contributed by atoms with Crippen molar-refractivity contribution in [3.8, 4) is 23.3 Å². The van der Waals surface area contributed by atoms with E-state index in [1.54, 1.807) is 11.8 Å². The Hall–Kier alpha value is -3.86. The maximum Gasteiger partial charge on any atom is 0.247 e. The molecule has 39 heavy (non-hydrogen) atoms. The maximum absolute atomic E-state index is 9.90. The summed E-state index contributed by atoms with van der Waals surface area (Å²) in [5, 5.41) is 18.3. The molecule has 198 valence electrons. The highest BCUT2D eigenvalue weighted by Gasteiger charge is 2.35. The highest BCUT2D eigenvalue weighted by molar-refractivity contribution is 7.98. The summed E-state index contributed by atoms with van der Waals surface area (Å²) in [7, 11) is 0. The molecule has 1 aliphatic heterocycles. The Morgan fingerprint density at radius 3 is 2.38 bits per heavy atom. The molecule has 1 aliphatic rings.